The molecule has 4 aromatic rings. The summed E-state index contributed by atoms with van der Waals surface area (Å²) >= 11 is 0. The van der Waals surface area contributed by atoms with Gasteiger partial charge in [-0.15, -0.1) is 0 Å². The van der Waals surface area contributed by atoms with Gasteiger partial charge in [0.25, 0.3) is 11.8 Å². The zero-order chi connectivity index (χ0) is 56.6. The van der Waals surface area contributed by atoms with Crippen molar-refractivity contribution in [1.29, 1.82) is 0 Å². The maximum absolute atomic E-state index is 15.4. The maximum Gasteiger partial charge on any atom is 0.254 e. The fraction of sp³-hybridized carbons (Fsp3) is 0.377. The van der Waals surface area contributed by atoms with E-state index in [0.717, 1.165) is 35.9 Å². The van der Waals surface area contributed by atoms with Gasteiger partial charge in [-0.05, 0) is 73.2 Å². The second-order valence-corrected chi connectivity index (χ2v) is 19.3. The molecular weight excluding hydrogens is 1000 g/mol. The Balaban J connectivity index is 1.41. The number of rotatable bonds is 26. The van der Waals surface area contributed by atoms with Crippen molar-refractivity contribution in [2.45, 2.75) is 90.6 Å². The molecule has 3 heterocycles. The van der Waals surface area contributed by atoms with Crippen molar-refractivity contribution in [2.75, 3.05) is 32.8 Å². The molecule has 2 aromatic carbocycles. The molecule has 0 unspecified atom stereocenters. The van der Waals surface area contributed by atoms with E-state index in [2.05, 4.69) is 36.9 Å². The van der Waals surface area contributed by atoms with Crippen molar-refractivity contribution < 1.29 is 61.8 Å². The van der Waals surface area contributed by atoms with Crippen molar-refractivity contribution in [3.8, 4) is 11.1 Å². The minimum atomic E-state index is -1.75. The summed E-state index contributed by atoms with van der Waals surface area (Å²) in [5.41, 5.74) is 6.66. The Hall–Kier alpha value is -8.67. The highest BCUT2D eigenvalue weighted by Gasteiger charge is 2.39. The molecule has 22 nitrogen and oxygen atoms in total. The first-order valence-corrected chi connectivity index (χ1v) is 24.5. The van der Waals surface area contributed by atoms with E-state index < -0.39 is 132 Å². The summed E-state index contributed by atoms with van der Waals surface area (Å²) in [5, 5.41) is 25.3. The third-order valence-corrected chi connectivity index (χ3v) is 12.1. The Morgan fingerprint density at radius 1 is 0.740 bits per heavy atom. The normalized spacial score (nSPS) is 14.1. The number of nitrogens with zero attached hydrogens (tertiary/aromatic N) is 4. The third kappa shape index (κ3) is 17.2. The number of benzene rings is 2. The van der Waals surface area contributed by atoms with Gasteiger partial charge in [0, 0.05) is 73.7 Å². The standard InChI is InChI=1S/C53H63F2N11O11/c1-31(60-43(69)23-33-15-18-57-19-16-33)49(74)61-32(2)50(75)63-40(26-42(56)68)52(77)62-39(51(76)59-21-20-58-44(70)29-66-45(71)13-14-46(66)72)17-22-65(47(73)30-67)48(53(3,4)5)41-24-35(37-25-36(54)11-12-38(37)55)28-64(41)27-34-9-7-6-8-10-34/h6-16,18-19,24-25,28,31-32,39-40,48,67H,17,20-23,26-27,29-30H2,1-5H3,(H2,56,68)(H,58,70)(H,59,76)(H,60,69)(H,61,74)(H,62,77)(H,63,75)/t31-,32+,39-,40-,48-/m0/s1. The Morgan fingerprint density at radius 2 is 1.36 bits per heavy atom. The molecule has 24 heteroatoms. The second kappa shape index (κ2) is 27.2. The molecule has 0 radical (unpaired) electrons. The average molecular weight is 1070 g/mol. The number of hydrogen-bond acceptors (Lipinski definition) is 12. The van der Waals surface area contributed by atoms with Crippen molar-refractivity contribution >= 4 is 59.1 Å². The first-order valence-electron chi connectivity index (χ1n) is 24.5. The number of halogens is 2. The van der Waals surface area contributed by atoms with E-state index in [1.165, 1.54) is 31.1 Å². The number of imide groups is 1. The van der Waals surface area contributed by atoms with Gasteiger partial charge in [0.2, 0.25) is 47.3 Å². The summed E-state index contributed by atoms with van der Waals surface area (Å²) in [4.78, 5) is 136. The average Bonchev–Trinajstić information content (AvgIpc) is 3.93. The van der Waals surface area contributed by atoms with Gasteiger partial charge in [-0.1, -0.05) is 51.1 Å². The van der Waals surface area contributed by atoms with Crippen LogP contribution in [0.15, 0.2) is 97.5 Å². The number of amides is 10. The fourth-order valence-electron chi connectivity index (χ4n) is 8.36. The summed E-state index contributed by atoms with van der Waals surface area (Å²) in [6.45, 7) is 5.71. The van der Waals surface area contributed by atoms with Gasteiger partial charge in [0.15, 0.2) is 0 Å². The number of aliphatic hydroxyl groups is 1. The monoisotopic (exact) mass is 1070 g/mol. The minimum absolute atomic E-state index is 0.0595. The molecule has 1 aliphatic rings. The number of nitrogens with one attached hydrogen (secondary N) is 6. The molecule has 0 spiro atoms. The first-order chi connectivity index (χ1) is 36.4. The molecule has 0 bridgehead atoms. The highest BCUT2D eigenvalue weighted by molar-refractivity contribution is 6.14. The third-order valence-electron chi connectivity index (χ3n) is 12.1. The van der Waals surface area contributed by atoms with Crippen LogP contribution in [0.5, 0.6) is 0 Å². The molecular formula is C53H63F2N11O11. The molecule has 9 N–H and O–H groups in total. The van der Waals surface area contributed by atoms with Crippen molar-refractivity contribution in [3.05, 3.63) is 126 Å². The summed E-state index contributed by atoms with van der Waals surface area (Å²) in [6.07, 6.45) is 5.35. The number of aliphatic hydroxyl groups excluding tert-OH is 1. The topological polar surface area (TPSA) is 313 Å². The zero-order valence-electron chi connectivity index (χ0n) is 43.1. The lowest BCUT2D eigenvalue weighted by Crippen LogP contribution is -2.58. The number of aromatic nitrogens is 2. The SMILES string of the molecule is C[C@H](NC(=O)Cc1ccncc1)C(=O)N[C@H](C)C(=O)N[C@@H](CC(N)=O)C(=O)N[C@@H](CCN(C(=O)CO)[C@@H](c1cc(-c2cc(F)ccc2F)cn1Cc1ccccc1)C(C)(C)C)C(=O)NCCNC(=O)CN1C(=O)C=CC1=O. The molecule has 5 atom stereocenters. The van der Waals surface area contributed by atoms with Crippen LogP contribution in [0, 0.1) is 17.0 Å². The number of primary amides is 1. The van der Waals surface area contributed by atoms with E-state index in [1.807, 2.05) is 30.3 Å². The van der Waals surface area contributed by atoms with Gasteiger partial charge in [0.05, 0.1) is 18.9 Å². The molecule has 410 valence electrons. The van der Waals surface area contributed by atoms with E-state index in [4.69, 9.17) is 5.73 Å². The summed E-state index contributed by atoms with van der Waals surface area (Å²) in [6, 6.07) is 10.2. The summed E-state index contributed by atoms with van der Waals surface area (Å²) in [5.74, 6) is -9.66. The van der Waals surface area contributed by atoms with E-state index in [0.29, 0.717) is 16.2 Å². The van der Waals surface area contributed by atoms with Crippen molar-refractivity contribution in [2.24, 2.45) is 11.1 Å². The van der Waals surface area contributed by atoms with Gasteiger partial charge in [0.1, 0.15) is 49.0 Å². The van der Waals surface area contributed by atoms with Gasteiger partial charge in [-0.25, -0.2) is 8.78 Å². The highest BCUT2D eigenvalue weighted by atomic mass is 19.1. The fourth-order valence-corrected chi connectivity index (χ4v) is 8.36. The molecule has 5 rings (SSSR count). The smallest absolute Gasteiger partial charge is 0.254 e. The van der Waals surface area contributed by atoms with Crippen LogP contribution in [0.1, 0.15) is 70.3 Å². The molecule has 1 aliphatic heterocycles. The second-order valence-electron chi connectivity index (χ2n) is 19.3. The van der Waals surface area contributed by atoms with E-state index in [9.17, 15) is 57.4 Å². The van der Waals surface area contributed by atoms with E-state index in [-0.39, 0.29) is 43.7 Å². The molecule has 0 aliphatic carbocycles. The number of carbonyl (C=O) groups is 10. The Kier molecular flexibility index (Phi) is 20.9. The minimum Gasteiger partial charge on any atom is -0.387 e. The van der Waals surface area contributed by atoms with Crippen LogP contribution in [0.2, 0.25) is 0 Å². The largest absolute Gasteiger partial charge is 0.387 e. The predicted octanol–water partition coefficient (Wildman–Crippen LogP) is 0.429. The van der Waals surface area contributed by atoms with Gasteiger partial charge in [-0.2, -0.15) is 0 Å². The van der Waals surface area contributed by atoms with Crippen molar-refractivity contribution in [3.63, 3.8) is 0 Å². The molecule has 0 saturated heterocycles. The predicted molar refractivity (Wildman–Crippen MR) is 274 cm³/mol. The Morgan fingerprint density at radius 3 is 2.00 bits per heavy atom. The zero-order valence-corrected chi connectivity index (χ0v) is 43.1. The first kappa shape index (κ1) is 59.2. The molecule has 10 amide bonds. The number of pyridine rings is 1. The molecule has 77 heavy (non-hydrogen) atoms. The Labute approximate surface area is 442 Å². The summed E-state index contributed by atoms with van der Waals surface area (Å²) < 4.78 is 31.8. The lowest BCUT2D eigenvalue weighted by Gasteiger charge is -2.41. The van der Waals surface area contributed by atoms with Crippen LogP contribution in [0.25, 0.3) is 11.1 Å². The quantitative estimate of drug-likeness (QED) is 0.0314. The lowest BCUT2D eigenvalue weighted by molar-refractivity contribution is -0.141. The maximum atomic E-state index is 15.4. The number of carbonyl (C=O) groups excluding carboxylic acids is 10. The lowest BCUT2D eigenvalue weighted by atomic mass is 9.82. The molecule has 0 saturated carbocycles. The van der Waals surface area contributed by atoms with Crippen molar-refractivity contribution in [1.82, 2.24) is 51.3 Å². The van der Waals surface area contributed by atoms with Crippen LogP contribution >= 0.6 is 0 Å². The van der Waals surface area contributed by atoms with Gasteiger partial charge < -0.3 is 52.2 Å². The molecule has 2 aromatic heterocycles. The van der Waals surface area contributed by atoms with Crippen LogP contribution in [-0.2, 0) is 60.9 Å². The van der Waals surface area contributed by atoms with Gasteiger partial charge in [-0.3, -0.25) is 57.8 Å². The highest BCUT2D eigenvalue weighted by Crippen LogP contribution is 2.41. The van der Waals surface area contributed by atoms with Crippen LogP contribution in [0.4, 0.5) is 8.78 Å². The number of nitrogens with two attached hydrogens (primary N) is 1. The van der Waals surface area contributed by atoms with Crippen LogP contribution in [0.3, 0.4) is 0 Å². The Bertz CT molecular complexity index is 2840. The van der Waals surface area contributed by atoms with Gasteiger partial charge >= 0.3 is 0 Å². The molecule has 0 fully saturated rings. The van der Waals surface area contributed by atoms with E-state index >= 15 is 4.39 Å². The number of hydrogen-bond donors (Lipinski definition) is 8. The van der Waals surface area contributed by atoms with Crippen LogP contribution in [-0.4, -0.2) is 140 Å². The van der Waals surface area contributed by atoms with Crippen LogP contribution < -0.4 is 37.6 Å². The van der Waals surface area contributed by atoms with E-state index in [1.54, 1.807) is 49.7 Å². The summed E-state index contributed by atoms with van der Waals surface area (Å²) in [7, 11) is 0.